The Morgan fingerprint density at radius 1 is 1.38 bits per heavy atom. The Balaban J connectivity index is 2.39. The van der Waals surface area contributed by atoms with E-state index in [-0.39, 0.29) is 0 Å². The number of nitrogens with zero attached hydrogens (tertiary/aromatic N) is 1. The van der Waals surface area contributed by atoms with Crippen LogP contribution < -0.4 is 5.32 Å². The van der Waals surface area contributed by atoms with Crippen molar-refractivity contribution in [3.8, 4) is 0 Å². The third-order valence-corrected chi connectivity index (χ3v) is 3.12. The molecule has 16 heavy (non-hydrogen) atoms. The standard InChI is InChI=1S/C13H21BrN2/c1-4-15-11(3)7-10(2)8-13-6-5-12(14)9-16-13/h5-6,9-11,15H,4,7-8H2,1-3H3. The minimum absolute atomic E-state index is 0.593. The number of aromatic nitrogens is 1. The predicted molar refractivity (Wildman–Crippen MR) is 72.6 cm³/mol. The van der Waals surface area contributed by atoms with E-state index >= 15 is 0 Å². The smallest absolute Gasteiger partial charge is 0.0413 e. The Bertz CT molecular complexity index is 297. The van der Waals surface area contributed by atoms with Crippen LogP contribution in [0, 0.1) is 5.92 Å². The Labute approximate surface area is 107 Å². The van der Waals surface area contributed by atoms with Gasteiger partial charge in [-0.2, -0.15) is 0 Å². The van der Waals surface area contributed by atoms with Crippen LogP contribution in [-0.2, 0) is 6.42 Å². The van der Waals surface area contributed by atoms with E-state index in [1.807, 2.05) is 6.20 Å². The SMILES string of the molecule is CCNC(C)CC(C)Cc1ccc(Br)cn1. The first-order chi connectivity index (χ1) is 7.61. The Hall–Kier alpha value is -0.410. The summed E-state index contributed by atoms with van der Waals surface area (Å²) in [6, 6.07) is 4.75. The number of pyridine rings is 1. The Morgan fingerprint density at radius 3 is 2.69 bits per heavy atom. The van der Waals surface area contributed by atoms with Crippen molar-refractivity contribution in [2.24, 2.45) is 5.92 Å². The molecule has 2 unspecified atom stereocenters. The number of halogens is 1. The monoisotopic (exact) mass is 284 g/mol. The fraction of sp³-hybridized carbons (Fsp3) is 0.615. The summed E-state index contributed by atoms with van der Waals surface area (Å²) >= 11 is 3.40. The molecule has 0 saturated heterocycles. The minimum atomic E-state index is 0.593. The molecular formula is C13H21BrN2. The minimum Gasteiger partial charge on any atom is -0.315 e. The van der Waals surface area contributed by atoms with Crippen LogP contribution in [0.15, 0.2) is 22.8 Å². The third-order valence-electron chi connectivity index (χ3n) is 2.65. The molecule has 0 amide bonds. The topological polar surface area (TPSA) is 24.9 Å². The van der Waals surface area contributed by atoms with Crippen molar-refractivity contribution in [1.29, 1.82) is 0 Å². The van der Waals surface area contributed by atoms with Gasteiger partial charge in [-0.05, 0) is 60.3 Å². The highest BCUT2D eigenvalue weighted by atomic mass is 79.9. The lowest BCUT2D eigenvalue weighted by atomic mass is 9.97. The van der Waals surface area contributed by atoms with Crippen molar-refractivity contribution < 1.29 is 0 Å². The summed E-state index contributed by atoms with van der Waals surface area (Å²) in [6.07, 6.45) is 4.13. The maximum Gasteiger partial charge on any atom is 0.0413 e. The zero-order valence-corrected chi connectivity index (χ0v) is 11.9. The van der Waals surface area contributed by atoms with E-state index in [9.17, 15) is 0 Å². The number of hydrogen-bond acceptors (Lipinski definition) is 2. The zero-order valence-electron chi connectivity index (χ0n) is 10.3. The Kier molecular flexibility index (Phi) is 5.99. The summed E-state index contributed by atoms with van der Waals surface area (Å²) < 4.78 is 1.05. The Morgan fingerprint density at radius 2 is 2.12 bits per heavy atom. The molecule has 1 aromatic rings. The number of hydrogen-bond donors (Lipinski definition) is 1. The van der Waals surface area contributed by atoms with Crippen LogP contribution in [0.3, 0.4) is 0 Å². The van der Waals surface area contributed by atoms with Crippen molar-refractivity contribution in [1.82, 2.24) is 10.3 Å². The first kappa shape index (κ1) is 13.7. The van der Waals surface area contributed by atoms with Crippen molar-refractivity contribution in [3.05, 3.63) is 28.5 Å². The van der Waals surface area contributed by atoms with Crippen LogP contribution in [0.25, 0.3) is 0 Å². The summed E-state index contributed by atoms with van der Waals surface area (Å²) in [7, 11) is 0. The molecule has 0 aromatic carbocycles. The normalized spacial score (nSPS) is 14.8. The molecule has 0 radical (unpaired) electrons. The van der Waals surface area contributed by atoms with Crippen molar-refractivity contribution in [2.45, 2.75) is 39.7 Å². The predicted octanol–water partition coefficient (Wildman–Crippen LogP) is 3.41. The summed E-state index contributed by atoms with van der Waals surface area (Å²) in [5, 5.41) is 3.44. The van der Waals surface area contributed by atoms with Gasteiger partial charge in [0.2, 0.25) is 0 Å². The molecule has 2 nitrogen and oxygen atoms in total. The molecule has 0 spiro atoms. The van der Waals surface area contributed by atoms with Crippen molar-refractivity contribution >= 4 is 15.9 Å². The second kappa shape index (κ2) is 7.02. The molecule has 0 saturated carbocycles. The highest BCUT2D eigenvalue weighted by Crippen LogP contribution is 2.14. The van der Waals surface area contributed by atoms with Gasteiger partial charge >= 0.3 is 0 Å². The molecule has 1 aromatic heterocycles. The summed E-state index contributed by atoms with van der Waals surface area (Å²) in [5.41, 5.74) is 1.18. The highest BCUT2D eigenvalue weighted by Gasteiger charge is 2.09. The third kappa shape index (κ3) is 5.08. The summed E-state index contributed by atoms with van der Waals surface area (Å²) in [6.45, 7) is 7.73. The first-order valence-corrected chi connectivity index (χ1v) is 6.75. The van der Waals surface area contributed by atoms with Crippen LogP contribution in [0.1, 0.15) is 32.9 Å². The van der Waals surface area contributed by atoms with Gasteiger partial charge in [-0.3, -0.25) is 4.98 Å². The molecular weight excluding hydrogens is 264 g/mol. The second-order valence-electron chi connectivity index (χ2n) is 4.47. The van der Waals surface area contributed by atoms with E-state index in [4.69, 9.17) is 0 Å². The molecule has 0 aliphatic rings. The van der Waals surface area contributed by atoms with Crippen LogP contribution >= 0.6 is 15.9 Å². The number of nitrogens with one attached hydrogen (secondary N) is 1. The van der Waals surface area contributed by atoms with Gasteiger partial charge in [-0.1, -0.05) is 13.8 Å². The lowest BCUT2D eigenvalue weighted by Crippen LogP contribution is -2.27. The summed E-state index contributed by atoms with van der Waals surface area (Å²) in [4.78, 5) is 4.40. The van der Waals surface area contributed by atoms with E-state index in [0.717, 1.165) is 17.4 Å². The van der Waals surface area contributed by atoms with Gasteiger partial charge in [0.1, 0.15) is 0 Å². The lowest BCUT2D eigenvalue weighted by Gasteiger charge is -2.17. The van der Waals surface area contributed by atoms with E-state index in [1.165, 1.54) is 12.1 Å². The van der Waals surface area contributed by atoms with Gasteiger partial charge in [0.05, 0.1) is 0 Å². The number of rotatable bonds is 6. The van der Waals surface area contributed by atoms with E-state index in [1.54, 1.807) is 0 Å². The molecule has 3 heteroatoms. The molecule has 1 N–H and O–H groups in total. The molecule has 0 aliphatic heterocycles. The zero-order chi connectivity index (χ0) is 12.0. The first-order valence-electron chi connectivity index (χ1n) is 5.95. The second-order valence-corrected chi connectivity index (χ2v) is 5.39. The molecule has 1 heterocycles. The van der Waals surface area contributed by atoms with Gasteiger partial charge in [-0.15, -0.1) is 0 Å². The van der Waals surface area contributed by atoms with Gasteiger partial charge in [0.25, 0.3) is 0 Å². The average molecular weight is 285 g/mol. The van der Waals surface area contributed by atoms with Crippen LogP contribution in [0.2, 0.25) is 0 Å². The molecule has 90 valence electrons. The molecule has 2 atom stereocenters. The fourth-order valence-electron chi connectivity index (χ4n) is 2.00. The maximum atomic E-state index is 4.40. The van der Waals surface area contributed by atoms with Crippen LogP contribution in [0.4, 0.5) is 0 Å². The van der Waals surface area contributed by atoms with Gasteiger partial charge in [-0.25, -0.2) is 0 Å². The van der Waals surface area contributed by atoms with Gasteiger partial charge in [0, 0.05) is 22.4 Å². The highest BCUT2D eigenvalue weighted by molar-refractivity contribution is 9.10. The molecule has 0 fully saturated rings. The summed E-state index contributed by atoms with van der Waals surface area (Å²) in [5.74, 6) is 0.669. The van der Waals surface area contributed by atoms with Crippen molar-refractivity contribution in [2.75, 3.05) is 6.54 Å². The largest absolute Gasteiger partial charge is 0.315 e. The molecule has 1 rings (SSSR count). The van der Waals surface area contributed by atoms with Crippen LogP contribution in [-0.4, -0.2) is 17.6 Å². The molecule has 0 aliphatic carbocycles. The van der Waals surface area contributed by atoms with E-state index in [2.05, 4.69) is 59.1 Å². The van der Waals surface area contributed by atoms with Crippen molar-refractivity contribution in [3.63, 3.8) is 0 Å². The lowest BCUT2D eigenvalue weighted by molar-refractivity contribution is 0.423. The van der Waals surface area contributed by atoms with E-state index < -0.39 is 0 Å². The molecule has 0 bridgehead atoms. The average Bonchev–Trinajstić information content (AvgIpc) is 2.21. The quantitative estimate of drug-likeness (QED) is 0.866. The fourth-order valence-corrected chi connectivity index (χ4v) is 2.24. The maximum absolute atomic E-state index is 4.40. The van der Waals surface area contributed by atoms with Crippen LogP contribution in [0.5, 0.6) is 0 Å². The van der Waals surface area contributed by atoms with Gasteiger partial charge < -0.3 is 5.32 Å². The van der Waals surface area contributed by atoms with E-state index in [0.29, 0.717) is 12.0 Å². The van der Waals surface area contributed by atoms with Gasteiger partial charge in [0.15, 0.2) is 0 Å².